The molecular formula is C28H32N6O. The molecule has 0 unspecified atom stereocenters. The zero-order valence-corrected chi connectivity index (χ0v) is 20.7. The van der Waals surface area contributed by atoms with Crippen molar-refractivity contribution in [3.8, 4) is 6.07 Å². The fourth-order valence-corrected chi connectivity index (χ4v) is 4.48. The number of hydrogen-bond donors (Lipinski definition) is 1. The van der Waals surface area contributed by atoms with Crippen molar-refractivity contribution in [2.45, 2.75) is 40.0 Å². The van der Waals surface area contributed by atoms with Crippen LogP contribution < -0.4 is 10.2 Å². The number of carbonyl (C=O) groups excluding carboxylic acids is 1. The second kappa shape index (κ2) is 11.0. The van der Waals surface area contributed by atoms with Gasteiger partial charge in [-0.2, -0.15) is 5.26 Å². The van der Waals surface area contributed by atoms with Gasteiger partial charge >= 0.3 is 6.03 Å². The highest BCUT2D eigenvalue weighted by molar-refractivity contribution is 5.89. The topological polar surface area (TPSA) is 85.2 Å². The Morgan fingerprint density at radius 2 is 1.86 bits per heavy atom. The maximum atomic E-state index is 12.9. The third-order valence-electron chi connectivity index (χ3n) is 6.34. The smallest absolute Gasteiger partial charge is 0.321 e. The van der Waals surface area contributed by atoms with E-state index in [0.717, 1.165) is 43.1 Å². The number of urea groups is 1. The van der Waals surface area contributed by atoms with E-state index < -0.39 is 0 Å². The Hall–Kier alpha value is -3.92. The van der Waals surface area contributed by atoms with Gasteiger partial charge in [-0.05, 0) is 50.5 Å². The van der Waals surface area contributed by atoms with Crippen molar-refractivity contribution in [1.29, 1.82) is 5.26 Å². The van der Waals surface area contributed by atoms with Crippen LogP contribution in [0.2, 0.25) is 0 Å². The van der Waals surface area contributed by atoms with E-state index in [1.807, 2.05) is 11.8 Å². The maximum absolute atomic E-state index is 12.9. The number of benzene rings is 2. The van der Waals surface area contributed by atoms with Crippen LogP contribution in [0.15, 0.2) is 48.5 Å². The van der Waals surface area contributed by atoms with Crippen molar-refractivity contribution < 1.29 is 4.79 Å². The van der Waals surface area contributed by atoms with E-state index in [2.05, 4.69) is 54.4 Å². The van der Waals surface area contributed by atoms with Crippen LogP contribution in [0, 0.1) is 25.2 Å². The molecule has 7 heteroatoms. The molecule has 1 N–H and O–H groups in total. The van der Waals surface area contributed by atoms with Crippen LogP contribution in [-0.4, -0.2) is 47.1 Å². The van der Waals surface area contributed by atoms with Crippen LogP contribution >= 0.6 is 0 Å². The molecule has 4 rings (SSSR count). The highest BCUT2D eigenvalue weighted by Crippen LogP contribution is 2.26. The van der Waals surface area contributed by atoms with E-state index in [1.54, 1.807) is 24.3 Å². The zero-order chi connectivity index (χ0) is 24.8. The molecular weight excluding hydrogens is 436 g/mol. The Balaban J connectivity index is 1.52. The van der Waals surface area contributed by atoms with E-state index in [4.69, 9.17) is 15.2 Å². The van der Waals surface area contributed by atoms with Gasteiger partial charge in [0, 0.05) is 49.5 Å². The van der Waals surface area contributed by atoms with Gasteiger partial charge in [0.05, 0.1) is 11.6 Å². The summed E-state index contributed by atoms with van der Waals surface area (Å²) in [7, 11) is 0. The van der Waals surface area contributed by atoms with Gasteiger partial charge in [-0.3, -0.25) is 0 Å². The Morgan fingerprint density at radius 3 is 2.60 bits per heavy atom. The third kappa shape index (κ3) is 5.96. The summed E-state index contributed by atoms with van der Waals surface area (Å²) in [6.45, 7) is 8.98. The number of aryl methyl sites for hydroxylation is 3. The first-order valence-electron chi connectivity index (χ1n) is 12.2. The standard InChI is InChI=1S/C28H32N6O/c1-4-26-25(18-22-11-9-20(2)10-12-22)27(31-21(3)30-26)33-13-6-14-34(16-15-33)28(35)32-24-8-5-7-23(17-24)19-29/h5,7-12,17H,4,6,13-16,18H2,1-3H3,(H,32,35). The predicted octanol–water partition coefficient (Wildman–Crippen LogP) is 4.86. The van der Waals surface area contributed by atoms with Gasteiger partial charge < -0.3 is 15.1 Å². The Kier molecular flexibility index (Phi) is 7.61. The number of hydrogen-bond acceptors (Lipinski definition) is 5. The monoisotopic (exact) mass is 468 g/mol. The first-order chi connectivity index (χ1) is 17.0. The van der Waals surface area contributed by atoms with E-state index in [0.29, 0.717) is 30.9 Å². The van der Waals surface area contributed by atoms with Gasteiger partial charge in [-0.15, -0.1) is 0 Å². The highest BCUT2D eigenvalue weighted by atomic mass is 16.2. The summed E-state index contributed by atoms with van der Waals surface area (Å²) in [5, 5.41) is 12.1. The van der Waals surface area contributed by atoms with E-state index >= 15 is 0 Å². The largest absolute Gasteiger partial charge is 0.354 e. The molecule has 2 amide bonds. The minimum Gasteiger partial charge on any atom is -0.354 e. The van der Waals surface area contributed by atoms with E-state index in [1.165, 1.54) is 16.7 Å². The molecule has 180 valence electrons. The molecule has 0 radical (unpaired) electrons. The molecule has 1 aliphatic rings. The van der Waals surface area contributed by atoms with Crippen molar-refractivity contribution in [3.63, 3.8) is 0 Å². The van der Waals surface area contributed by atoms with Gasteiger partial charge in [-0.1, -0.05) is 42.8 Å². The second-order valence-corrected chi connectivity index (χ2v) is 8.99. The molecule has 1 saturated heterocycles. The van der Waals surface area contributed by atoms with Crippen LogP contribution in [-0.2, 0) is 12.8 Å². The SMILES string of the molecule is CCc1nc(C)nc(N2CCCN(C(=O)Nc3cccc(C#N)c3)CC2)c1Cc1ccc(C)cc1. The van der Waals surface area contributed by atoms with Gasteiger partial charge in [0.25, 0.3) is 0 Å². The molecule has 0 spiro atoms. The fourth-order valence-electron chi connectivity index (χ4n) is 4.48. The molecule has 35 heavy (non-hydrogen) atoms. The van der Waals surface area contributed by atoms with Crippen LogP contribution in [0.4, 0.5) is 16.3 Å². The first kappa shape index (κ1) is 24.2. The summed E-state index contributed by atoms with van der Waals surface area (Å²) in [6.07, 6.45) is 2.48. The molecule has 3 aromatic rings. The average molecular weight is 469 g/mol. The van der Waals surface area contributed by atoms with Gasteiger partial charge in [0.1, 0.15) is 11.6 Å². The molecule has 1 aromatic heterocycles. The minimum absolute atomic E-state index is 0.144. The number of carbonyl (C=O) groups is 1. The molecule has 1 fully saturated rings. The first-order valence-corrected chi connectivity index (χ1v) is 12.2. The van der Waals surface area contributed by atoms with E-state index in [-0.39, 0.29) is 6.03 Å². The quantitative estimate of drug-likeness (QED) is 0.578. The number of aromatic nitrogens is 2. The Morgan fingerprint density at radius 1 is 1.06 bits per heavy atom. The molecule has 0 bridgehead atoms. The average Bonchev–Trinajstić information content (AvgIpc) is 3.12. The number of nitrogens with zero attached hydrogens (tertiary/aromatic N) is 5. The van der Waals surface area contributed by atoms with Crippen LogP contribution in [0.1, 0.15) is 47.1 Å². The minimum atomic E-state index is -0.144. The van der Waals surface area contributed by atoms with Crippen LogP contribution in [0.25, 0.3) is 0 Å². The molecule has 2 aromatic carbocycles. The molecule has 1 aliphatic heterocycles. The normalized spacial score (nSPS) is 13.8. The lowest BCUT2D eigenvalue weighted by molar-refractivity contribution is 0.215. The molecule has 0 aliphatic carbocycles. The lowest BCUT2D eigenvalue weighted by Gasteiger charge is -2.26. The van der Waals surface area contributed by atoms with E-state index in [9.17, 15) is 4.79 Å². The number of nitrogens with one attached hydrogen (secondary N) is 1. The summed E-state index contributed by atoms with van der Waals surface area (Å²) in [6, 6.07) is 17.6. The molecule has 0 atom stereocenters. The predicted molar refractivity (Wildman–Crippen MR) is 139 cm³/mol. The van der Waals surface area contributed by atoms with Crippen molar-refractivity contribution in [3.05, 3.63) is 82.3 Å². The molecule has 7 nitrogen and oxygen atoms in total. The van der Waals surface area contributed by atoms with Crippen LogP contribution in [0.5, 0.6) is 0 Å². The number of rotatable bonds is 5. The number of anilines is 2. The van der Waals surface area contributed by atoms with Gasteiger partial charge in [-0.25, -0.2) is 14.8 Å². The molecule has 0 saturated carbocycles. The number of nitriles is 1. The summed E-state index contributed by atoms with van der Waals surface area (Å²) < 4.78 is 0. The Bertz CT molecular complexity index is 1230. The van der Waals surface area contributed by atoms with Crippen LogP contribution in [0.3, 0.4) is 0 Å². The second-order valence-electron chi connectivity index (χ2n) is 8.99. The third-order valence-corrected chi connectivity index (χ3v) is 6.34. The fraction of sp³-hybridized carbons (Fsp3) is 0.357. The van der Waals surface area contributed by atoms with Crippen molar-refractivity contribution >= 4 is 17.5 Å². The molecule has 2 heterocycles. The van der Waals surface area contributed by atoms with Gasteiger partial charge in [0.15, 0.2) is 0 Å². The van der Waals surface area contributed by atoms with Gasteiger partial charge in [0.2, 0.25) is 0 Å². The summed E-state index contributed by atoms with van der Waals surface area (Å²) in [5.74, 6) is 1.76. The van der Waals surface area contributed by atoms with Crippen molar-refractivity contribution in [2.24, 2.45) is 0 Å². The summed E-state index contributed by atoms with van der Waals surface area (Å²) in [4.78, 5) is 26.7. The van der Waals surface area contributed by atoms with Crippen molar-refractivity contribution in [2.75, 3.05) is 36.4 Å². The number of amides is 2. The summed E-state index contributed by atoms with van der Waals surface area (Å²) >= 11 is 0. The zero-order valence-electron chi connectivity index (χ0n) is 20.7. The lowest BCUT2D eigenvalue weighted by atomic mass is 10.0. The summed E-state index contributed by atoms with van der Waals surface area (Å²) in [5.41, 5.74) is 5.91. The maximum Gasteiger partial charge on any atom is 0.321 e. The van der Waals surface area contributed by atoms with Crippen molar-refractivity contribution in [1.82, 2.24) is 14.9 Å². The Labute approximate surface area is 207 Å². The lowest BCUT2D eigenvalue weighted by Crippen LogP contribution is -2.38. The highest BCUT2D eigenvalue weighted by Gasteiger charge is 2.23.